The van der Waals surface area contributed by atoms with Gasteiger partial charge in [0, 0.05) is 18.4 Å². The molecule has 0 aliphatic heterocycles. The molecule has 0 amide bonds. The van der Waals surface area contributed by atoms with Crippen molar-refractivity contribution in [2.75, 3.05) is 7.11 Å². The van der Waals surface area contributed by atoms with Gasteiger partial charge < -0.3 is 9.94 Å². The average molecular weight is 334 g/mol. The van der Waals surface area contributed by atoms with E-state index in [0.29, 0.717) is 22.2 Å². The summed E-state index contributed by atoms with van der Waals surface area (Å²) in [5, 5.41) is 21.4. The van der Waals surface area contributed by atoms with Crippen LogP contribution in [0.2, 0.25) is 0 Å². The molecule has 0 unspecified atom stereocenters. The van der Waals surface area contributed by atoms with Gasteiger partial charge in [-0.2, -0.15) is 9.36 Å². The van der Waals surface area contributed by atoms with E-state index in [1.54, 1.807) is 25.3 Å². The number of aryl methyl sites for hydroxylation is 1. The van der Waals surface area contributed by atoms with E-state index in [-0.39, 0.29) is 5.69 Å². The molecule has 0 aliphatic rings. The molecule has 0 spiro atoms. The van der Waals surface area contributed by atoms with Gasteiger partial charge in [0.25, 0.3) is 0 Å². The second-order valence-electron chi connectivity index (χ2n) is 4.62. The molecule has 0 fully saturated rings. The van der Waals surface area contributed by atoms with Crippen LogP contribution in [0, 0.1) is 0 Å². The molecule has 2 heterocycles. The number of methoxy groups -OCH3 is 1. The molecule has 0 saturated carbocycles. The summed E-state index contributed by atoms with van der Waals surface area (Å²) < 4.78 is 7.77. The van der Waals surface area contributed by atoms with Crippen molar-refractivity contribution in [2.45, 2.75) is 10.8 Å². The number of aromatic nitrogens is 6. The summed E-state index contributed by atoms with van der Waals surface area (Å²) in [6.07, 6.45) is 1.44. The third-order valence-corrected chi connectivity index (χ3v) is 4.14. The maximum atomic E-state index is 12.1. The van der Waals surface area contributed by atoms with Crippen molar-refractivity contribution in [1.82, 2.24) is 29.7 Å². The minimum Gasteiger partial charge on any atom is -0.496 e. The van der Waals surface area contributed by atoms with Crippen LogP contribution < -0.4 is 10.4 Å². The Kier molecular flexibility index (Phi) is 4.06. The summed E-state index contributed by atoms with van der Waals surface area (Å²) in [5.41, 5.74) is 1.04. The number of tetrazole rings is 1. The Hall–Kier alpha value is -2.75. The molecule has 0 atom stereocenters. The Morgan fingerprint density at radius 3 is 2.74 bits per heavy atom. The Balaban J connectivity index is 2.00. The fourth-order valence-electron chi connectivity index (χ4n) is 2.07. The number of ether oxygens (including phenoxy) is 1. The van der Waals surface area contributed by atoms with Gasteiger partial charge in [-0.05, 0) is 28.6 Å². The highest BCUT2D eigenvalue weighted by molar-refractivity contribution is 7.98. The maximum Gasteiger partial charge on any atom is 0.368 e. The second kappa shape index (κ2) is 6.16. The van der Waals surface area contributed by atoms with Gasteiger partial charge in [-0.3, -0.25) is 0 Å². The van der Waals surface area contributed by atoms with Crippen molar-refractivity contribution in [2.24, 2.45) is 7.05 Å². The van der Waals surface area contributed by atoms with E-state index in [9.17, 15) is 10.0 Å². The summed E-state index contributed by atoms with van der Waals surface area (Å²) in [6.45, 7) is 0. The average Bonchev–Trinajstić information content (AvgIpc) is 3.11. The van der Waals surface area contributed by atoms with Crippen LogP contribution in [0.5, 0.6) is 5.75 Å². The number of hydrogen-bond donors (Lipinski definition) is 1. The van der Waals surface area contributed by atoms with Crippen LogP contribution in [0.15, 0.2) is 40.3 Å². The predicted octanol–water partition coefficient (Wildman–Crippen LogP) is 0.701. The highest BCUT2D eigenvalue weighted by Gasteiger charge is 2.16. The zero-order valence-electron chi connectivity index (χ0n) is 12.4. The third kappa shape index (κ3) is 2.93. The molecule has 0 bridgehead atoms. The Morgan fingerprint density at radius 2 is 2.13 bits per heavy atom. The zero-order valence-corrected chi connectivity index (χ0v) is 13.3. The molecule has 9 nitrogen and oxygen atoms in total. The Morgan fingerprint density at radius 1 is 1.30 bits per heavy atom. The largest absolute Gasteiger partial charge is 0.496 e. The third-order valence-electron chi connectivity index (χ3n) is 3.19. The van der Waals surface area contributed by atoms with Crippen LogP contribution in [0.25, 0.3) is 5.69 Å². The number of rotatable bonds is 5. The van der Waals surface area contributed by atoms with Crippen molar-refractivity contribution in [3.05, 3.63) is 46.5 Å². The lowest BCUT2D eigenvalue weighted by Gasteiger charge is -2.12. The number of benzene rings is 1. The molecule has 3 rings (SSSR count). The van der Waals surface area contributed by atoms with E-state index in [2.05, 4.69) is 15.5 Å². The van der Waals surface area contributed by atoms with Crippen LogP contribution >= 0.6 is 11.8 Å². The van der Waals surface area contributed by atoms with E-state index in [1.807, 2.05) is 6.07 Å². The molecule has 0 aliphatic carbocycles. The lowest BCUT2D eigenvalue weighted by molar-refractivity contribution is 0.145. The molecule has 3 aromatic rings. The van der Waals surface area contributed by atoms with Gasteiger partial charge in [-0.15, -0.1) is 9.94 Å². The maximum absolute atomic E-state index is 12.1. The van der Waals surface area contributed by atoms with E-state index < -0.39 is 0 Å². The molecule has 2 aromatic heterocycles. The highest BCUT2D eigenvalue weighted by Crippen LogP contribution is 2.30. The van der Waals surface area contributed by atoms with Gasteiger partial charge in [0.2, 0.25) is 0 Å². The van der Waals surface area contributed by atoms with Crippen molar-refractivity contribution < 1.29 is 9.94 Å². The van der Waals surface area contributed by atoms with Crippen LogP contribution in [-0.4, -0.2) is 42.1 Å². The summed E-state index contributed by atoms with van der Waals surface area (Å²) in [4.78, 5) is 12.9. The normalized spacial score (nSPS) is 10.9. The first-order valence-corrected chi connectivity index (χ1v) is 7.61. The van der Waals surface area contributed by atoms with E-state index in [1.165, 1.54) is 29.7 Å². The minimum atomic E-state index is -0.343. The lowest BCUT2D eigenvalue weighted by atomic mass is 10.2. The monoisotopic (exact) mass is 334 g/mol. The fourth-order valence-corrected chi connectivity index (χ4v) is 2.96. The van der Waals surface area contributed by atoms with Gasteiger partial charge >= 0.3 is 5.69 Å². The van der Waals surface area contributed by atoms with Gasteiger partial charge in [-0.1, -0.05) is 17.8 Å². The number of nitrogens with zero attached hydrogens (tertiary/aromatic N) is 6. The SMILES string of the molecule is COc1cccc(-n2nnn(C)c2=O)c1CSc1ccn(O)n1. The van der Waals surface area contributed by atoms with Crippen LogP contribution in [0.1, 0.15) is 5.56 Å². The highest BCUT2D eigenvalue weighted by atomic mass is 32.2. The molecular weight excluding hydrogens is 320 g/mol. The lowest BCUT2D eigenvalue weighted by Crippen LogP contribution is -2.22. The number of thioether (sulfide) groups is 1. The van der Waals surface area contributed by atoms with Crippen molar-refractivity contribution in [3.8, 4) is 11.4 Å². The molecule has 1 N–H and O–H groups in total. The Labute approximate surface area is 135 Å². The van der Waals surface area contributed by atoms with Crippen LogP contribution in [0.3, 0.4) is 0 Å². The molecule has 120 valence electrons. The fraction of sp³-hybridized carbons (Fsp3) is 0.231. The minimum absolute atomic E-state index is 0.343. The van der Waals surface area contributed by atoms with Gasteiger partial charge in [0.05, 0.1) is 19.0 Å². The van der Waals surface area contributed by atoms with E-state index >= 15 is 0 Å². The van der Waals surface area contributed by atoms with Crippen molar-refractivity contribution in [1.29, 1.82) is 0 Å². The predicted molar refractivity (Wildman–Crippen MR) is 82.1 cm³/mol. The van der Waals surface area contributed by atoms with Crippen molar-refractivity contribution in [3.63, 3.8) is 0 Å². The smallest absolute Gasteiger partial charge is 0.368 e. The summed E-state index contributed by atoms with van der Waals surface area (Å²) >= 11 is 1.40. The van der Waals surface area contributed by atoms with Gasteiger partial charge in [0.1, 0.15) is 10.8 Å². The molecule has 0 saturated heterocycles. The van der Waals surface area contributed by atoms with E-state index in [0.717, 1.165) is 15.1 Å². The topological polar surface area (TPSA) is 100.0 Å². The molecule has 10 heteroatoms. The van der Waals surface area contributed by atoms with Crippen LogP contribution in [-0.2, 0) is 12.8 Å². The van der Waals surface area contributed by atoms with Gasteiger partial charge in [-0.25, -0.2) is 4.79 Å². The first kappa shape index (κ1) is 15.2. The molecule has 23 heavy (non-hydrogen) atoms. The molecule has 1 aromatic carbocycles. The molecule has 0 radical (unpaired) electrons. The van der Waals surface area contributed by atoms with Crippen molar-refractivity contribution >= 4 is 11.8 Å². The Bertz CT molecular complexity index is 884. The summed E-state index contributed by atoms with van der Waals surface area (Å²) in [6, 6.07) is 7.06. The zero-order chi connectivity index (χ0) is 16.4. The number of hydrogen-bond acceptors (Lipinski definition) is 7. The first-order chi connectivity index (χ1) is 11.1. The summed E-state index contributed by atoms with van der Waals surface area (Å²) in [7, 11) is 3.10. The molecular formula is C13H14N6O3S. The summed E-state index contributed by atoms with van der Waals surface area (Å²) in [5.74, 6) is 1.12. The van der Waals surface area contributed by atoms with E-state index in [4.69, 9.17) is 4.74 Å². The standard InChI is InChI=1S/C13H14N6O3S/c1-17-13(20)19(16-15-17)10-4-3-5-11(22-2)9(10)8-23-12-6-7-18(21)14-12/h3-7,21H,8H2,1-2H3. The van der Waals surface area contributed by atoms with Crippen LogP contribution in [0.4, 0.5) is 0 Å². The second-order valence-corrected chi connectivity index (χ2v) is 5.61. The quantitative estimate of drug-likeness (QED) is 0.541. The van der Waals surface area contributed by atoms with Gasteiger partial charge in [0.15, 0.2) is 0 Å². The first-order valence-electron chi connectivity index (χ1n) is 6.63.